The lowest BCUT2D eigenvalue weighted by Crippen LogP contribution is -2.30. The fourth-order valence-corrected chi connectivity index (χ4v) is 5.61. The first-order chi connectivity index (χ1) is 15.3. The molecule has 2 aromatic rings. The van der Waals surface area contributed by atoms with Gasteiger partial charge in [-0.25, -0.2) is 18.2 Å². The molecule has 2 heterocycles. The first-order valence-corrected chi connectivity index (χ1v) is 12.7. The molecule has 1 aliphatic heterocycles. The van der Waals surface area contributed by atoms with E-state index in [1.54, 1.807) is 32.2 Å². The van der Waals surface area contributed by atoms with Crippen molar-refractivity contribution in [3.8, 4) is 5.75 Å². The molecule has 1 saturated heterocycles. The number of benzene rings is 1. The zero-order valence-electron chi connectivity index (χ0n) is 18.3. The molecule has 1 aromatic carbocycles. The Hall–Kier alpha value is -2.70. The van der Waals surface area contributed by atoms with E-state index in [4.69, 9.17) is 4.74 Å². The summed E-state index contributed by atoms with van der Waals surface area (Å²) in [7, 11) is -3.69. The fourth-order valence-electron chi connectivity index (χ4n) is 3.28. The van der Waals surface area contributed by atoms with Crippen LogP contribution >= 0.6 is 11.3 Å². The zero-order valence-corrected chi connectivity index (χ0v) is 19.9. The summed E-state index contributed by atoms with van der Waals surface area (Å²) in [6, 6.07) is 4.23. The maximum atomic E-state index is 12.9. The predicted molar refractivity (Wildman–Crippen MR) is 123 cm³/mol. The molecule has 0 atom stereocenters. The van der Waals surface area contributed by atoms with Crippen LogP contribution in [0.15, 0.2) is 28.5 Å². The van der Waals surface area contributed by atoms with Gasteiger partial charge in [0, 0.05) is 31.6 Å². The van der Waals surface area contributed by atoms with E-state index in [0.717, 1.165) is 0 Å². The van der Waals surface area contributed by atoms with Crippen molar-refractivity contribution in [2.75, 3.05) is 43.0 Å². The van der Waals surface area contributed by atoms with E-state index >= 15 is 0 Å². The third kappa shape index (κ3) is 5.19. The van der Waals surface area contributed by atoms with Crippen molar-refractivity contribution >= 4 is 44.1 Å². The lowest BCUT2D eigenvalue weighted by molar-refractivity contribution is -0.115. The van der Waals surface area contributed by atoms with E-state index in [0.29, 0.717) is 49.4 Å². The number of carbonyl (C=O) groups is 2. The number of hydrogen-bond donors (Lipinski definition) is 2. The summed E-state index contributed by atoms with van der Waals surface area (Å²) in [5, 5.41) is 7.71. The van der Waals surface area contributed by atoms with E-state index in [9.17, 15) is 18.0 Å². The molecule has 0 unspecified atom stereocenters. The molecule has 0 spiro atoms. The molecule has 2 N–H and O–H groups in total. The molecule has 0 bridgehead atoms. The molecule has 0 aliphatic carbocycles. The second-order valence-electron chi connectivity index (χ2n) is 6.91. The Labute approximate surface area is 191 Å². The minimum Gasteiger partial charge on any atom is -0.492 e. The lowest BCUT2D eigenvalue weighted by atomic mass is 10.2. The lowest BCUT2D eigenvalue weighted by Gasteiger charge is -2.20. The number of amides is 3. The van der Waals surface area contributed by atoms with Crippen molar-refractivity contribution in [2.45, 2.75) is 32.1 Å². The average molecular weight is 482 g/mol. The van der Waals surface area contributed by atoms with Gasteiger partial charge in [0.25, 0.3) is 0 Å². The third-order valence-electron chi connectivity index (χ3n) is 4.84. The maximum absolute atomic E-state index is 12.9. The van der Waals surface area contributed by atoms with E-state index in [1.807, 2.05) is 0 Å². The van der Waals surface area contributed by atoms with Crippen molar-refractivity contribution in [2.24, 2.45) is 0 Å². The Morgan fingerprint density at radius 2 is 2.06 bits per heavy atom. The quantitative estimate of drug-likeness (QED) is 0.537. The van der Waals surface area contributed by atoms with Crippen LogP contribution in [0, 0.1) is 0 Å². The monoisotopic (exact) mass is 481 g/mol. The molecule has 0 saturated carbocycles. The van der Waals surface area contributed by atoms with Gasteiger partial charge in [-0.2, -0.15) is 4.31 Å². The van der Waals surface area contributed by atoms with Gasteiger partial charge in [0.2, 0.25) is 15.9 Å². The van der Waals surface area contributed by atoms with Crippen LogP contribution in [0.3, 0.4) is 0 Å². The topological polar surface area (TPSA) is 121 Å². The van der Waals surface area contributed by atoms with Crippen LogP contribution in [0.4, 0.5) is 15.6 Å². The van der Waals surface area contributed by atoms with Crippen LogP contribution in [0.25, 0.3) is 0 Å². The number of sulfonamides is 1. The largest absolute Gasteiger partial charge is 0.492 e. The Kier molecular flexibility index (Phi) is 7.69. The molecule has 1 aliphatic rings. The molecular weight excluding hydrogens is 454 g/mol. The van der Waals surface area contributed by atoms with Crippen LogP contribution in [-0.4, -0.2) is 62.4 Å². The first-order valence-electron chi connectivity index (χ1n) is 10.4. The minimum absolute atomic E-state index is 0.0233. The van der Waals surface area contributed by atoms with Gasteiger partial charge in [-0.3, -0.25) is 9.69 Å². The summed E-state index contributed by atoms with van der Waals surface area (Å²) in [6.45, 7) is 7.47. The highest BCUT2D eigenvalue weighted by Gasteiger charge is 2.25. The summed E-state index contributed by atoms with van der Waals surface area (Å²) >= 11 is 1.29. The Morgan fingerprint density at radius 1 is 1.31 bits per heavy atom. The number of nitrogens with one attached hydrogen (secondary N) is 2. The highest BCUT2D eigenvalue weighted by Crippen LogP contribution is 2.30. The molecule has 174 valence electrons. The van der Waals surface area contributed by atoms with Crippen LogP contribution in [-0.2, 0) is 21.2 Å². The number of aromatic nitrogens is 1. The number of anilines is 2. The van der Waals surface area contributed by atoms with E-state index in [1.165, 1.54) is 32.7 Å². The zero-order chi connectivity index (χ0) is 23.3. The van der Waals surface area contributed by atoms with Gasteiger partial charge in [0.15, 0.2) is 5.13 Å². The summed E-state index contributed by atoms with van der Waals surface area (Å²) in [5.41, 5.74) is 0.798. The highest BCUT2D eigenvalue weighted by molar-refractivity contribution is 7.89. The first kappa shape index (κ1) is 24.0. The van der Waals surface area contributed by atoms with Crippen LogP contribution in [0.5, 0.6) is 5.75 Å². The van der Waals surface area contributed by atoms with Crippen LogP contribution < -0.4 is 20.3 Å². The van der Waals surface area contributed by atoms with Gasteiger partial charge in [0.1, 0.15) is 5.75 Å². The highest BCUT2D eigenvalue weighted by atomic mass is 32.2. The molecule has 3 amide bonds. The number of nitrogens with zero attached hydrogens (tertiary/aromatic N) is 3. The van der Waals surface area contributed by atoms with Gasteiger partial charge in [-0.1, -0.05) is 13.8 Å². The van der Waals surface area contributed by atoms with Gasteiger partial charge in [0.05, 0.1) is 29.3 Å². The molecule has 1 fully saturated rings. The number of thiazole rings is 1. The predicted octanol–water partition coefficient (Wildman–Crippen LogP) is 2.28. The van der Waals surface area contributed by atoms with Crippen LogP contribution in [0.2, 0.25) is 0 Å². The van der Waals surface area contributed by atoms with Gasteiger partial charge in [-0.15, -0.1) is 11.3 Å². The third-order valence-corrected chi connectivity index (χ3v) is 7.80. The summed E-state index contributed by atoms with van der Waals surface area (Å²) < 4.78 is 32.7. The summed E-state index contributed by atoms with van der Waals surface area (Å²) in [4.78, 5) is 30.5. The second kappa shape index (κ2) is 10.3. The van der Waals surface area contributed by atoms with Crippen molar-refractivity contribution in [3.63, 3.8) is 0 Å². The van der Waals surface area contributed by atoms with Gasteiger partial charge >= 0.3 is 6.03 Å². The normalized spacial score (nSPS) is 14.0. The van der Waals surface area contributed by atoms with Crippen molar-refractivity contribution in [1.29, 1.82) is 0 Å². The van der Waals surface area contributed by atoms with Crippen molar-refractivity contribution in [1.82, 2.24) is 14.6 Å². The number of rotatable bonds is 10. The van der Waals surface area contributed by atoms with Crippen molar-refractivity contribution < 1.29 is 22.7 Å². The molecule has 0 radical (unpaired) electrons. The molecule has 1 aromatic heterocycles. The SMILES string of the molecule is CCOc1ccc(S(=O)(=O)N(CC)CC)cc1NC(=O)Cc1csc(N2CCNC2=O)n1. The number of hydrogen-bond acceptors (Lipinski definition) is 7. The molecule has 10 nitrogen and oxygen atoms in total. The number of urea groups is 1. The summed E-state index contributed by atoms with van der Waals surface area (Å²) in [6.07, 6.45) is -0.0233. The number of carbonyl (C=O) groups excluding carboxylic acids is 2. The Bertz CT molecular complexity index is 1080. The smallest absolute Gasteiger partial charge is 0.323 e. The fraction of sp³-hybridized carbons (Fsp3) is 0.450. The standard InChI is InChI=1S/C20H27N5O5S2/c1-4-24(5-2)32(28,29)15-7-8-17(30-6-3)16(12-15)23-18(26)11-14-13-31-20(22-14)25-10-9-21-19(25)27/h7-8,12-13H,4-6,9-11H2,1-3H3,(H,21,27)(H,23,26). The van der Waals surface area contributed by atoms with E-state index < -0.39 is 10.0 Å². The van der Waals surface area contributed by atoms with Crippen molar-refractivity contribution in [3.05, 3.63) is 29.3 Å². The van der Waals surface area contributed by atoms with Gasteiger partial charge < -0.3 is 15.4 Å². The Morgan fingerprint density at radius 3 is 2.69 bits per heavy atom. The van der Waals surface area contributed by atoms with E-state index in [-0.39, 0.29) is 28.9 Å². The van der Waals surface area contributed by atoms with E-state index in [2.05, 4.69) is 15.6 Å². The van der Waals surface area contributed by atoms with Crippen LogP contribution in [0.1, 0.15) is 26.5 Å². The summed E-state index contributed by atoms with van der Waals surface area (Å²) in [5.74, 6) is 0.0121. The molecule has 3 rings (SSSR count). The van der Waals surface area contributed by atoms with Gasteiger partial charge in [-0.05, 0) is 25.1 Å². The molecule has 12 heteroatoms. The minimum atomic E-state index is -3.69. The average Bonchev–Trinajstić information content (AvgIpc) is 3.38. The molecular formula is C20H27N5O5S2. The maximum Gasteiger partial charge on any atom is 0.323 e. The number of ether oxygens (including phenoxy) is 1. The molecule has 32 heavy (non-hydrogen) atoms. The second-order valence-corrected chi connectivity index (χ2v) is 9.68. The Balaban J connectivity index is 1.78.